The van der Waals surface area contributed by atoms with Crippen molar-refractivity contribution < 1.29 is 4.74 Å². The second-order valence-corrected chi connectivity index (χ2v) is 6.22. The predicted molar refractivity (Wildman–Crippen MR) is 77.4 cm³/mol. The molecule has 18 heavy (non-hydrogen) atoms. The van der Waals surface area contributed by atoms with E-state index in [1.54, 1.807) is 17.6 Å². The van der Waals surface area contributed by atoms with Crippen molar-refractivity contribution in [2.24, 2.45) is 0 Å². The number of fused-ring (bicyclic) bond motifs is 1. The summed E-state index contributed by atoms with van der Waals surface area (Å²) in [5.41, 5.74) is 1.61. The van der Waals surface area contributed by atoms with Crippen LogP contribution in [0.15, 0.2) is 6.07 Å². The number of aryl methyl sites for hydroxylation is 2. The number of nitrogens with one attached hydrogen (secondary N) is 1. The van der Waals surface area contributed by atoms with Crippen LogP contribution >= 0.6 is 11.3 Å². The molecule has 0 saturated carbocycles. The average Bonchev–Trinajstić information content (AvgIpc) is 2.89. The molecule has 0 aromatic carbocycles. The third kappa shape index (κ3) is 4.05. The molecule has 102 valence electrons. The van der Waals surface area contributed by atoms with Gasteiger partial charge in [-0.25, -0.2) is 0 Å². The van der Waals surface area contributed by atoms with Gasteiger partial charge >= 0.3 is 0 Å². The van der Waals surface area contributed by atoms with Crippen LogP contribution in [0.1, 0.15) is 21.7 Å². The Balaban J connectivity index is 1.65. The lowest BCUT2D eigenvalue weighted by molar-refractivity contribution is 0.197. The lowest BCUT2D eigenvalue weighted by atomic mass is 10.2. The van der Waals surface area contributed by atoms with E-state index in [2.05, 4.69) is 23.3 Å². The maximum absolute atomic E-state index is 5.00. The van der Waals surface area contributed by atoms with Gasteiger partial charge in [-0.2, -0.15) is 0 Å². The van der Waals surface area contributed by atoms with Crippen LogP contribution in [0.5, 0.6) is 0 Å². The van der Waals surface area contributed by atoms with Gasteiger partial charge in [-0.05, 0) is 37.9 Å². The van der Waals surface area contributed by atoms with Gasteiger partial charge in [-0.1, -0.05) is 0 Å². The standard InChI is InChI=1S/C14H24N2OS/c1-16(8-6-15-7-9-17-2)11-13-10-12-4-3-5-14(12)18-13/h10,15H,3-9,11H2,1-2H3. The zero-order valence-corrected chi connectivity index (χ0v) is 12.3. The van der Waals surface area contributed by atoms with Crippen molar-refractivity contribution in [3.05, 3.63) is 21.4 Å². The molecule has 1 aliphatic rings. The number of ether oxygens (including phenoxy) is 1. The lowest BCUT2D eigenvalue weighted by Gasteiger charge is -2.15. The average molecular weight is 268 g/mol. The van der Waals surface area contributed by atoms with E-state index in [0.717, 1.165) is 32.8 Å². The smallest absolute Gasteiger partial charge is 0.0587 e. The van der Waals surface area contributed by atoms with E-state index < -0.39 is 0 Å². The molecule has 1 aliphatic carbocycles. The van der Waals surface area contributed by atoms with Gasteiger partial charge in [0.2, 0.25) is 0 Å². The van der Waals surface area contributed by atoms with Crippen molar-refractivity contribution in [3.8, 4) is 0 Å². The number of hydrogen-bond acceptors (Lipinski definition) is 4. The maximum Gasteiger partial charge on any atom is 0.0587 e. The van der Waals surface area contributed by atoms with Gasteiger partial charge in [0.05, 0.1) is 6.61 Å². The van der Waals surface area contributed by atoms with Crippen LogP contribution < -0.4 is 5.32 Å². The molecule has 0 spiro atoms. The molecule has 1 heterocycles. The quantitative estimate of drug-likeness (QED) is 0.729. The van der Waals surface area contributed by atoms with E-state index in [9.17, 15) is 0 Å². The summed E-state index contributed by atoms with van der Waals surface area (Å²) < 4.78 is 5.00. The highest BCUT2D eigenvalue weighted by Crippen LogP contribution is 2.30. The van der Waals surface area contributed by atoms with Gasteiger partial charge in [0.15, 0.2) is 0 Å². The number of methoxy groups -OCH3 is 1. The Morgan fingerprint density at radius 3 is 3.06 bits per heavy atom. The van der Waals surface area contributed by atoms with E-state index in [1.807, 2.05) is 11.3 Å². The molecule has 0 amide bonds. The zero-order chi connectivity index (χ0) is 12.8. The summed E-state index contributed by atoms with van der Waals surface area (Å²) in [7, 11) is 3.94. The summed E-state index contributed by atoms with van der Waals surface area (Å²) in [5, 5.41) is 3.38. The third-order valence-electron chi connectivity index (χ3n) is 3.38. The highest BCUT2D eigenvalue weighted by Gasteiger charge is 2.15. The van der Waals surface area contributed by atoms with Crippen LogP contribution in [0, 0.1) is 0 Å². The van der Waals surface area contributed by atoms with Crippen molar-refractivity contribution >= 4 is 11.3 Å². The molecule has 4 heteroatoms. The zero-order valence-electron chi connectivity index (χ0n) is 11.5. The Morgan fingerprint density at radius 2 is 2.28 bits per heavy atom. The van der Waals surface area contributed by atoms with Crippen molar-refractivity contribution in [2.75, 3.05) is 40.4 Å². The fourth-order valence-corrected chi connectivity index (χ4v) is 3.72. The number of nitrogens with zero attached hydrogens (tertiary/aromatic N) is 1. The van der Waals surface area contributed by atoms with E-state index in [-0.39, 0.29) is 0 Å². The molecule has 1 aromatic rings. The first-order valence-electron chi connectivity index (χ1n) is 6.78. The largest absolute Gasteiger partial charge is 0.383 e. The first kappa shape index (κ1) is 14.0. The molecule has 3 nitrogen and oxygen atoms in total. The summed E-state index contributed by atoms with van der Waals surface area (Å²) >= 11 is 2.02. The van der Waals surface area contributed by atoms with Gasteiger partial charge in [0, 0.05) is 43.0 Å². The van der Waals surface area contributed by atoms with E-state index in [4.69, 9.17) is 4.74 Å². The number of rotatable bonds is 8. The minimum Gasteiger partial charge on any atom is -0.383 e. The van der Waals surface area contributed by atoms with Gasteiger partial charge in [0.25, 0.3) is 0 Å². The molecule has 0 radical (unpaired) electrons. The van der Waals surface area contributed by atoms with E-state index in [1.165, 1.54) is 24.1 Å². The van der Waals surface area contributed by atoms with Crippen molar-refractivity contribution in [1.82, 2.24) is 10.2 Å². The van der Waals surface area contributed by atoms with Crippen LogP contribution in [-0.2, 0) is 24.1 Å². The van der Waals surface area contributed by atoms with Gasteiger partial charge in [-0.15, -0.1) is 11.3 Å². The third-order valence-corrected chi connectivity index (χ3v) is 4.60. The molecule has 0 saturated heterocycles. The molecule has 1 N–H and O–H groups in total. The summed E-state index contributed by atoms with van der Waals surface area (Å²) in [6, 6.07) is 2.42. The molecule has 0 atom stereocenters. The first-order valence-corrected chi connectivity index (χ1v) is 7.60. The number of likely N-dealkylation sites (N-methyl/N-ethyl adjacent to an activating group) is 1. The number of hydrogen-bond donors (Lipinski definition) is 1. The van der Waals surface area contributed by atoms with Crippen LogP contribution in [0.4, 0.5) is 0 Å². The van der Waals surface area contributed by atoms with Crippen molar-refractivity contribution in [2.45, 2.75) is 25.8 Å². The Morgan fingerprint density at radius 1 is 1.39 bits per heavy atom. The van der Waals surface area contributed by atoms with Gasteiger partial charge < -0.3 is 15.0 Å². The van der Waals surface area contributed by atoms with Crippen LogP contribution in [0.2, 0.25) is 0 Å². The SMILES string of the molecule is COCCNCCN(C)Cc1cc2c(s1)CCC2. The van der Waals surface area contributed by atoms with E-state index in [0.29, 0.717) is 0 Å². The fourth-order valence-electron chi connectivity index (χ4n) is 2.38. The Kier molecular flexibility index (Phi) is 5.63. The van der Waals surface area contributed by atoms with Crippen LogP contribution in [-0.4, -0.2) is 45.3 Å². The normalized spacial score (nSPS) is 14.4. The second kappa shape index (κ2) is 7.24. The molecule has 2 rings (SSSR count). The predicted octanol–water partition coefficient (Wildman–Crippen LogP) is 1.90. The highest BCUT2D eigenvalue weighted by atomic mass is 32.1. The Bertz CT molecular complexity index is 343. The molecule has 0 aliphatic heterocycles. The second-order valence-electron chi connectivity index (χ2n) is 5.00. The summed E-state index contributed by atoms with van der Waals surface area (Å²) in [6.07, 6.45) is 3.97. The molecule has 0 unspecified atom stereocenters. The maximum atomic E-state index is 5.00. The summed E-state index contributed by atoms with van der Waals surface area (Å²) in [6.45, 7) is 4.94. The fraction of sp³-hybridized carbons (Fsp3) is 0.714. The lowest BCUT2D eigenvalue weighted by Crippen LogP contribution is -2.30. The van der Waals surface area contributed by atoms with Crippen molar-refractivity contribution in [3.63, 3.8) is 0 Å². The van der Waals surface area contributed by atoms with Crippen LogP contribution in [0.3, 0.4) is 0 Å². The molecule has 0 bridgehead atoms. The monoisotopic (exact) mass is 268 g/mol. The minimum absolute atomic E-state index is 0.793. The van der Waals surface area contributed by atoms with Crippen LogP contribution in [0.25, 0.3) is 0 Å². The molecular formula is C14H24N2OS. The highest BCUT2D eigenvalue weighted by molar-refractivity contribution is 7.12. The first-order chi connectivity index (χ1) is 8.79. The molecule has 1 aromatic heterocycles. The van der Waals surface area contributed by atoms with Crippen molar-refractivity contribution in [1.29, 1.82) is 0 Å². The Labute approximate surface area is 114 Å². The summed E-state index contributed by atoms with van der Waals surface area (Å²) in [4.78, 5) is 5.55. The van der Waals surface area contributed by atoms with Gasteiger partial charge in [0.1, 0.15) is 0 Å². The summed E-state index contributed by atoms with van der Waals surface area (Å²) in [5.74, 6) is 0. The van der Waals surface area contributed by atoms with E-state index >= 15 is 0 Å². The topological polar surface area (TPSA) is 24.5 Å². The molecule has 0 fully saturated rings. The minimum atomic E-state index is 0.793. The Hall–Kier alpha value is -0.420. The number of thiophene rings is 1. The molecular weight excluding hydrogens is 244 g/mol. The van der Waals surface area contributed by atoms with Gasteiger partial charge in [-0.3, -0.25) is 0 Å².